The Morgan fingerprint density at radius 3 is 2.70 bits per heavy atom. The number of fused-ring (bicyclic) bond motifs is 1. The summed E-state index contributed by atoms with van der Waals surface area (Å²) >= 11 is 0. The van der Waals surface area contributed by atoms with Crippen LogP contribution in [0.2, 0.25) is 0 Å². The Morgan fingerprint density at radius 1 is 1.15 bits per heavy atom. The molecule has 0 bridgehead atoms. The largest absolute Gasteiger partial charge is 0.341 e. The first-order chi connectivity index (χ1) is 13.2. The summed E-state index contributed by atoms with van der Waals surface area (Å²) in [5.74, 6) is 0.559. The predicted molar refractivity (Wildman–Crippen MR) is 104 cm³/mol. The van der Waals surface area contributed by atoms with Gasteiger partial charge in [0.25, 0.3) is 5.91 Å². The van der Waals surface area contributed by atoms with Crippen molar-refractivity contribution in [2.24, 2.45) is 5.92 Å². The van der Waals surface area contributed by atoms with Crippen LogP contribution in [0, 0.1) is 5.92 Å². The monoisotopic (exact) mass is 363 g/mol. The lowest BCUT2D eigenvalue weighted by Gasteiger charge is -2.34. The van der Waals surface area contributed by atoms with Crippen LogP contribution in [0.4, 0.5) is 0 Å². The van der Waals surface area contributed by atoms with Gasteiger partial charge in [0.05, 0.1) is 5.56 Å². The van der Waals surface area contributed by atoms with Crippen molar-refractivity contribution in [3.63, 3.8) is 0 Å². The van der Waals surface area contributed by atoms with Gasteiger partial charge in [-0.05, 0) is 49.5 Å². The molecule has 3 heterocycles. The summed E-state index contributed by atoms with van der Waals surface area (Å²) in [4.78, 5) is 17.2. The van der Waals surface area contributed by atoms with Crippen molar-refractivity contribution in [1.82, 2.24) is 24.4 Å². The zero-order valence-corrected chi connectivity index (χ0v) is 15.7. The fourth-order valence-corrected chi connectivity index (χ4v) is 3.86. The maximum atomic E-state index is 12.9. The molecule has 1 aliphatic rings. The number of likely N-dealkylation sites (tertiary alicyclic amines) is 1. The molecule has 6 heteroatoms. The number of hydrogen-bond donors (Lipinski definition) is 0. The van der Waals surface area contributed by atoms with E-state index in [4.69, 9.17) is 0 Å². The van der Waals surface area contributed by atoms with E-state index < -0.39 is 0 Å². The van der Waals surface area contributed by atoms with Crippen LogP contribution in [0.15, 0.2) is 55.0 Å². The van der Waals surface area contributed by atoms with Gasteiger partial charge in [-0.1, -0.05) is 30.3 Å². The predicted octanol–water partition coefficient (Wildman–Crippen LogP) is 2.71. The second-order valence-electron chi connectivity index (χ2n) is 7.37. The van der Waals surface area contributed by atoms with E-state index in [0.717, 1.165) is 39.0 Å². The molecule has 6 nitrogen and oxygen atoms in total. The van der Waals surface area contributed by atoms with Gasteiger partial charge in [0.2, 0.25) is 0 Å². The average molecular weight is 363 g/mol. The number of piperidine rings is 1. The van der Waals surface area contributed by atoms with Gasteiger partial charge >= 0.3 is 0 Å². The van der Waals surface area contributed by atoms with Crippen LogP contribution < -0.4 is 0 Å². The molecule has 0 spiro atoms. The third-order valence-electron chi connectivity index (χ3n) is 5.39. The van der Waals surface area contributed by atoms with E-state index in [-0.39, 0.29) is 5.91 Å². The maximum absolute atomic E-state index is 12.9. The summed E-state index contributed by atoms with van der Waals surface area (Å²) in [5.41, 5.74) is 2.59. The van der Waals surface area contributed by atoms with Gasteiger partial charge < -0.3 is 4.90 Å². The highest BCUT2D eigenvalue weighted by atomic mass is 16.2. The van der Waals surface area contributed by atoms with Gasteiger partial charge in [-0.15, -0.1) is 10.2 Å². The molecule has 0 aliphatic carbocycles. The van der Waals surface area contributed by atoms with E-state index in [1.165, 1.54) is 5.56 Å². The Kier molecular flexibility index (Phi) is 5.16. The minimum Gasteiger partial charge on any atom is -0.341 e. The van der Waals surface area contributed by atoms with E-state index in [1.807, 2.05) is 30.3 Å². The lowest BCUT2D eigenvalue weighted by Crippen LogP contribution is -2.39. The van der Waals surface area contributed by atoms with E-state index in [9.17, 15) is 4.79 Å². The molecule has 2 aromatic heterocycles. The third kappa shape index (κ3) is 4.01. The fraction of sp³-hybridized carbons (Fsp3) is 0.381. The first-order valence-electron chi connectivity index (χ1n) is 9.51. The zero-order valence-electron chi connectivity index (χ0n) is 15.7. The molecule has 3 aromatic rings. The Morgan fingerprint density at radius 2 is 1.93 bits per heavy atom. The number of rotatable bonds is 5. The summed E-state index contributed by atoms with van der Waals surface area (Å²) < 4.78 is 1.78. The molecule has 0 saturated carbocycles. The Labute approximate surface area is 159 Å². The molecule has 0 unspecified atom stereocenters. The molecule has 0 N–H and O–H groups in total. The van der Waals surface area contributed by atoms with Gasteiger partial charge in [-0.25, -0.2) is 0 Å². The number of nitrogens with zero attached hydrogens (tertiary/aromatic N) is 5. The van der Waals surface area contributed by atoms with E-state index in [0.29, 0.717) is 17.1 Å². The Hall–Kier alpha value is -2.73. The van der Waals surface area contributed by atoms with Crippen molar-refractivity contribution in [1.29, 1.82) is 0 Å². The maximum Gasteiger partial charge on any atom is 0.257 e. The second kappa shape index (κ2) is 7.88. The molecule has 140 valence electrons. The highest BCUT2D eigenvalue weighted by Crippen LogP contribution is 2.21. The van der Waals surface area contributed by atoms with Crippen molar-refractivity contribution in [3.05, 3.63) is 66.1 Å². The van der Waals surface area contributed by atoms with E-state index >= 15 is 0 Å². The molecule has 0 radical (unpaired) electrons. The standard InChI is InChI=1S/C21H25N5O/c1-24(21(27)19-8-5-11-26-16-22-23-20(19)26)14-18-9-12-25(13-10-18)15-17-6-3-2-4-7-17/h2-8,11,16,18H,9-10,12-15H2,1H3. The van der Waals surface area contributed by atoms with Gasteiger partial charge in [-0.3, -0.25) is 14.1 Å². The number of carbonyl (C=O) groups excluding carboxylic acids is 1. The van der Waals surface area contributed by atoms with Crippen molar-refractivity contribution < 1.29 is 4.79 Å². The second-order valence-corrected chi connectivity index (χ2v) is 7.37. The molecule has 1 fully saturated rings. The van der Waals surface area contributed by atoms with Crippen LogP contribution in [0.25, 0.3) is 5.65 Å². The SMILES string of the molecule is CN(CC1CCN(Cc2ccccc2)CC1)C(=O)c1cccn2cnnc12. The van der Waals surface area contributed by atoms with Crippen LogP contribution in [0.5, 0.6) is 0 Å². The van der Waals surface area contributed by atoms with Crippen molar-refractivity contribution in [2.75, 3.05) is 26.7 Å². The zero-order chi connectivity index (χ0) is 18.6. The first-order valence-corrected chi connectivity index (χ1v) is 9.51. The van der Waals surface area contributed by atoms with Crippen LogP contribution in [-0.2, 0) is 6.54 Å². The molecular weight excluding hydrogens is 338 g/mol. The average Bonchev–Trinajstić information content (AvgIpc) is 3.18. The van der Waals surface area contributed by atoms with E-state index in [2.05, 4.69) is 45.4 Å². The summed E-state index contributed by atoms with van der Waals surface area (Å²) in [7, 11) is 1.89. The van der Waals surface area contributed by atoms with Crippen molar-refractivity contribution in [3.8, 4) is 0 Å². The number of hydrogen-bond acceptors (Lipinski definition) is 4. The summed E-state index contributed by atoms with van der Waals surface area (Å²) in [6.07, 6.45) is 5.72. The van der Waals surface area contributed by atoms with Crippen LogP contribution in [-0.4, -0.2) is 57.0 Å². The first kappa shape index (κ1) is 17.7. The fourth-order valence-electron chi connectivity index (χ4n) is 3.86. The number of benzene rings is 1. The Bertz CT molecular complexity index is 899. The normalized spacial score (nSPS) is 15.9. The molecule has 27 heavy (non-hydrogen) atoms. The van der Waals surface area contributed by atoms with Crippen LogP contribution in [0.1, 0.15) is 28.8 Å². The number of carbonyl (C=O) groups is 1. The van der Waals surface area contributed by atoms with Gasteiger partial charge in [0, 0.05) is 26.3 Å². The van der Waals surface area contributed by atoms with Gasteiger partial charge in [0.1, 0.15) is 6.33 Å². The van der Waals surface area contributed by atoms with Gasteiger partial charge in [0.15, 0.2) is 5.65 Å². The summed E-state index contributed by atoms with van der Waals surface area (Å²) in [6, 6.07) is 14.3. The lowest BCUT2D eigenvalue weighted by atomic mass is 9.95. The number of aromatic nitrogens is 3. The molecular formula is C21H25N5O. The van der Waals surface area contributed by atoms with Crippen LogP contribution in [0.3, 0.4) is 0 Å². The minimum absolute atomic E-state index is 0.0142. The van der Waals surface area contributed by atoms with E-state index in [1.54, 1.807) is 10.7 Å². The van der Waals surface area contributed by atoms with Crippen molar-refractivity contribution >= 4 is 11.6 Å². The van der Waals surface area contributed by atoms with Crippen molar-refractivity contribution in [2.45, 2.75) is 19.4 Å². The Balaban J connectivity index is 1.32. The topological polar surface area (TPSA) is 53.7 Å². The molecule has 1 saturated heterocycles. The lowest BCUT2D eigenvalue weighted by molar-refractivity contribution is 0.0739. The molecule has 1 amide bonds. The smallest absolute Gasteiger partial charge is 0.257 e. The highest BCUT2D eigenvalue weighted by Gasteiger charge is 2.23. The summed E-state index contributed by atoms with van der Waals surface area (Å²) in [5, 5.41) is 7.98. The minimum atomic E-state index is 0.0142. The van der Waals surface area contributed by atoms with Crippen LogP contribution >= 0.6 is 0 Å². The number of amides is 1. The molecule has 4 rings (SSSR count). The quantitative estimate of drug-likeness (QED) is 0.699. The highest BCUT2D eigenvalue weighted by molar-refractivity contribution is 5.99. The molecule has 0 atom stereocenters. The third-order valence-corrected chi connectivity index (χ3v) is 5.39. The van der Waals surface area contributed by atoms with Gasteiger partial charge in [-0.2, -0.15) is 0 Å². The molecule has 1 aromatic carbocycles. The number of pyridine rings is 1. The summed E-state index contributed by atoms with van der Waals surface area (Å²) in [6.45, 7) is 3.97. The molecule has 1 aliphatic heterocycles.